The molecule has 1 aliphatic rings. The lowest BCUT2D eigenvalue weighted by Gasteiger charge is -2.29. The van der Waals surface area contributed by atoms with Crippen LogP contribution in [-0.4, -0.2) is 58.9 Å². The number of hydrogen-bond donors (Lipinski definition) is 3. The standard InChI is InChI=1S/C12H19N3O5/c1-7(12(19)20)15(6-5-13-8(2)16)11(18)9-3-4-10(17)14-9/h7,9H,3-6H2,1-2H3,(H,13,16)(H,14,17)(H,19,20)/t7?,9-/m0/s1. The zero-order valence-electron chi connectivity index (χ0n) is 11.5. The van der Waals surface area contributed by atoms with E-state index in [2.05, 4.69) is 10.6 Å². The van der Waals surface area contributed by atoms with Crippen molar-refractivity contribution in [2.75, 3.05) is 13.1 Å². The van der Waals surface area contributed by atoms with Crippen molar-refractivity contribution in [3.8, 4) is 0 Å². The van der Waals surface area contributed by atoms with Gasteiger partial charge in [-0.25, -0.2) is 4.79 Å². The molecule has 20 heavy (non-hydrogen) atoms. The number of nitrogens with zero attached hydrogens (tertiary/aromatic N) is 1. The maximum Gasteiger partial charge on any atom is 0.326 e. The lowest BCUT2D eigenvalue weighted by atomic mass is 10.1. The fourth-order valence-electron chi connectivity index (χ4n) is 1.98. The molecule has 1 heterocycles. The molecule has 0 aliphatic carbocycles. The minimum Gasteiger partial charge on any atom is -0.480 e. The van der Waals surface area contributed by atoms with Crippen molar-refractivity contribution in [3.05, 3.63) is 0 Å². The summed E-state index contributed by atoms with van der Waals surface area (Å²) in [6, 6.07) is -1.70. The lowest BCUT2D eigenvalue weighted by molar-refractivity contribution is -0.150. The fourth-order valence-corrected chi connectivity index (χ4v) is 1.98. The molecule has 1 saturated heterocycles. The number of carbonyl (C=O) groups excluding carboxylic acids is 3. The van der Waals surface area contributed by atoms with Gasteiger partial charge in [-0.15, -0.1) is 0 Å². The summed E-state index contributed by atoms with van der Waals surface area (Å²) in [5.41, 5.74) is 0. The molecule has 0 spiro atoms. The van der Waals surface area contributed by atoms with Gasteiger partial charge in [-0.3, -0.25) is 14.4 Å². The quantitative estimate of drug-likeness (QED) is 0.561. The number of aliphatic carboxylic acids is 1. The van der Waals surface area contributed by atoms with Gasteiger partial charge in [-0.05, 0) is 13.3 Å². The third-order valence-electron chi connectivity index (χ3n) is 3.13. The topological polar surface area (TPSA) is 116 Å². The van der Waals surface area contributed by atoms with Gasteiger partial charge >= 0.3 is 5.97 Å². The highest BCUT2D eigenvalue weighted by Gasteiger charge is 2.34. The van der Waals surface area contributed by atoms with Crippen LogP contribution >= 0.6 is 0 Å². The second kappa shape index (κ2) is 6.88. The molecule has 1 fully saturated rings. The van der Waals surface area contributed by atoms with Crippen LogP contribution in [-0.2, 0) is 19.2 Å². The monoisotopic (exact) mass is 285 g/mol. The molecule has 1 unspecified atom stereocenters. The SMILES string of the molecule is CC(=O)NCCN(C(=O)[C@@H]1CCC(=O)N1)C(C)C(=O)O. The summed E-state index contributed by atoms with van der Waals surface area (Å²) in [5.74, 6) is -2.04. The summed E-state index contributed by atoms with van der Waals surface area (Å²) in [6.45, 7) is 2.98. The Morgan fingerprint density at radius 2 is 2.15 bits per heavy atom. The Kier molecular flexibility index (Phi) is 5.48. The van der Waals surface area contributed by atoms with Crippen molar-refractivity contribution in [3.63, 3.8) is 0 Å². The van der Waals surface area contributed by atoms with Crippen LogP contribution in [0.25, 0.3) is 0 Å². The van der Waals surface area contributed by atoms with E-state index in [-0.39, 0.29) is 31.3 Å². The molecule has 0 aromatic carbocycles. The summed E-state index contributed by atoms with van der Waals surface area (Å²) in [4.78, 5) is 46.4. The average Bonchev–Trinajstić information content (AvgIpc) is 2.79. The molecular weight excluding hydrogens is 266 g/mol. The van der Waals surface area contributed by atoms with Crippen LogP contribution in [0.5, 0.6) is 0 Å². The highest BCUT2D eigenvalue weighted by Crippen LogP contribution is 2.12. The van der Waals surface area contributed by atoms with E-state index >= 15 is 0 Å². The maximum atomic E-state index is 12.2. The first-order chi connectivity index (χ1) is 9.32. The molecule has 8 heteroatoms. The van der Waals surface area contributed by atoms with Gasteiger partial charge in [0.15, 0.2) is 0 Å². The molecular formula is C12H19N3O5. The van der Waals surface area contributed by atoms with Gasteiger partial charge in [-0.2, -0.15) is 0 Å². The van der Waals surface area contributed by atoms with Crippen molar-refractivity contribution in [1.29, 1.82) is 0 Å². The molecule has 3 amide bonds. The van der Waals surface area contributed by atoms with Gasteiger partial charge in [0, 0.05) is 26.4 Å². The second-order valence-corrected chi connectivity index (χ2v) is 4.69. The van der Waals surface area contributed by atoms with E-state index < -0.39 is 24.0 Å². The van der Waals surface area contributed by atoms with Crippen molar-refractivity contribution < 1.29 is 24.3 Å². The van der Waals surface area contributed by atoms with E-state index in [0.29, 0.717) is 6.42 Å². The maximum absolute atomic E-state index is 12.2. The number of carboxylic acid groups (broad SMARTS) is 1. The Balaban J connectivity index is 2.70. The minimum atomic E-state index is -1.13. The number of rotatable bonds is 6. The molecule has 2 atom stereocenters. The Bertz CT molecular complexity index is 423. The molecule has 0 aromatic heterocycles. The molecule has 0 saturated carbocycles. The lowest BCUT2D eigenvalue weighted by Crippen LogP contribution is -2.52. The number of amides is 3. The third kappa shape index (κ3) is 4.22. The molecule has 0 radical (unpaired) electrons. The van der Waals surface area contributed by atoms with Crippen LogP contribution in [0.1, 0.15) is 26.7 Å². The van der Waals surface area contributed by atoms with Crippen LogP contribution in [0, 0.1) is 0 Å². The van der Waals surface area contributed by atoms with Crippen LogP contribution in [0.4, 0.5) is 0 Å². The van der Waals surface area contributed by atoms with Crippen molar-refractivity contribution in [2.24, 2.45) is 0 Å². The number of nitrogens with one attached hydrogen (secondary N) is 2. The van der Waals surface area contributed by atoms with Gasteiger partial charge in [0.05, 0.1) is 0 Å². The van der Waals surface area contributed by atoms with E-state index in [4.69, 9.17) is 5.11 Å². The van der Waals surface area contributed by atoms with E-state index in [1.54, 1.807) is 0 Å². The number of hydrogen-bond acceptors (Lipinski definition) is 4. The highest BCUT2D eigenvalue weighted by atomic mass is 16.4. The summed E-state index contributed by atoms with van der Waals surface area (Å²) in [5, 5.41) is 14.1. The van der Waals surface area contributed by atoms with Crippen LogP contribution in [0.15, 0.2) is 0 Å². The normalized spacial score (nSPS) is 19.1. The minimum absolute atomic E-state index is 0.0816. The average molecular weight is 285 g/mol. The summed E-state index contributed by atoms with van der Waals surface area (Å²) in [6.07, 6.45) is 0.623. The largest absolute Gasteiger partial charge is 0.480 e. The molecule has 1 rings (SSSR count). The Morgan fingerprint density at radius 3 is 2.60 bits per heavy atom. The van der Waals surface area contributed by atoms with E-state index in [9.17, 15) is 19.2 Å². The zero-order chi connectivity index (χ0) is 15.3. The Labute approximate surface area is 116 Å². The molecule has 3 N–H and O–H groups in total. The molecule has 112 valence electrons. The van der Waals surface area contributed by atoms with Crippen LogP contribution in [0.2, 0.25) is 0 Å². The number of carboxylic acids is 1. The first kappa shape index (κ1) is 15.9. The Hall–Kier alpha value is -2.12. The predicted molar refractivity (Wildman–Crippen MR) is 68.7 cm³/mol. The van der Waals surface area contributed by atoms with E-state index in [1.165, 1.54) is 13.8 Å². The van der Waals surface area contributed by atoms with Crippen LogP contribution in [0.3, 0.4) is 0 Å². The van der Waals surface area contributed by atoms with Crippen molar-refractivity contribution >= 4 is 23.7 Å². The molecule has 0 bridgehead atoms. The first-order valence-corrected chi connectivity index (χ1v) is 6.40. The smallest absolute Gasteiger partial charge is 0.326 e. The Morgan fingerprint density at radius 1 is 1.50 bits per heavy atom. The zero-order valence-corrected chi connectivity index (χ0v) is 11.5. The summed E-state index contributed by atoms with van der Waals surface area (Å²) < 4.78 is 0. The summed E-state index contributed by atoms with van der Waals surface area (Å²) >= 11 is 0. The first-order valence-electron chi connectivity index (χ1n) is 6.40. The molecule has 8 nitrogen and oxygen atoms in total. The van der Waals surface area contributed by atoms with Gasteiger partial charge < -0.3 is 20.6 Å². The van der Waals surface area contributed by atoms with Gasteiger partial charge in [0.25, 0.3) is 0 Å². The third-order valence-corrected chi connectivity index (χ3v) is 3.13. The highest BCUT2D eigenvalue weighted by molar-refractivity contribution is 5.92. The van der Waals surface area contributed by atoms with Gasteiger partial charge in [0.1, 0.15) is 12.1 Å². The molecule has 1 aliphatic heterocycles. The predicted octanol–water partition coefficient (Wildman–Crippen LogP) is -1.30. The van der Waals surface area contributed by atoms with Crippen molar-refractivity contribution in [2.45, 2.75) is 38.8 Å². The molecule has 0 aromatic rings. The van der Waals surface area contributed by atoms with E-state index in [1.807, 2.05) is 0 Å². The van der Waals surface area contributed by atoms with Crippen LogP contribution < -0.4 is 10.6 Å². The van der Waals surface area contributed by atoms with Crippen molar-refractivity contribution in [1.82, 2.24) is 15.5 Å². The fraction of sp³-hybridized carbons (Fsp3) is 0.667. The number of carbonyl (C=O) groups is 4. The van der Waals surface area contributed by atoms with E-state index in [0.717, 1.165) is 4.90 Å². The second-order valence-electron chi connectivity index (χ2n) is 4.69. The summed E-state index contributed by atoms with van der Waals surface area (Å²) in [7, 11) is 0. The van der Waals surface area contributed by atoms with Gasteiger partial charge in [-0.1, -0.05) is 0 Å². The van der Waals surface area contributed by atoms with Gasteiger partial charge in [0.2, 0.25) is 17.7 Å².